The normalized spacial score (nSPS) is 12.8. The highest BCUT2D eigenvalue weighted by molar-refractivity contribution is 5.33. The topological polar surface area (TPSA) is 56.7 Å². The van der Waals surface area contributed by atoms with Crippen LogP contribution in [0.25, 0.3) is 0 Å². The predicted octanol–water partition coefficient (Wildman–Crippen LogP) is 1.48. The minimum atomic E-state index is -0.168. The Labute approximate surface area is 95.1 Å². The largest absolute Gasteiger partial charge is 0.319 e. The Bertz CT molecular complexity index is 481. The average Bonchev–Trinajstić information content (AvgIpc) is 2.62. The molecule has 1 aromatic carbocycles. The molecule has 1 atom stereocenters. The van der Waals surface area contributed by atoms with Gasteiger partial charge in [0.1, 0.15) is 0 Å². The fourth-order valence-electron chi connectivity index (χ4n) is 1.94. The minimum Gasteiger partial charge on any atom is -0.319 e. The molecule has 0 bridgehead atoms. The molecule has 4 nitrogen and oxygen atoms in total. The SMILES string of the molecule is Cc1cc(C)cc(C(N)c2cnnn2C)c1. The molecular weight excluding hydrogens is 200 g/mol. The van der Waals surface area contributed by atoms with Crippen molar-refractivity contribution in [1.29, 1.82) is 0 Å². The summed E-state index contributed by atoms with van der Waals surface area (Å²) in [6, 6.07) is 6.17. The summed E-state index contributed by atoms with van der Waals surface area (Å²) >= 11 is 0. The highest BCUT2D eigenvalue weighted by Crippen LogP contribution is 2.20. The summed E-state index contributed by atoms with van der Waals surface area (Å²) in [5.74, 6) is 0. The number of rotatable bonds is 2. The van der Waals surface area contributed by atoms with E-state index in [0.29, 0.717) is 0 Å². The van der Waals surface area contributed by atoms with E-state index in [4.69, 9.17) is 5.73 Å². The van der Waals surface area contributed by atoms with Gasteiger partial charge >= 0.3 is 0 Å². The van der Waals surface area contributed by atoms with Gasteiger partial charge in [-0.3, -0.25) is 4.68 Å². The zero-order valence-corrected chi connectivity index (χ0v) is 9.81. The van der Waals surface area contributed by atoms with Gasteiger partial charge in [0, 0.05) is 7.05 Å². The molecule has 1 heterocycles. The third-order valence-corrected chi connectivity index (χ3v) is 2.67. The van der Waals surface area contributed by atoms with Crippen molar-refractivity contribution < 1.29 is 0 Å². The monoisotopic (exact) mass is 216 g/mol. The first kappa shape index (κ1) is 10.8. The van der Waals surface area contributed by atoms with Crippen molar-refractivity contribution in [3.05, 3.63) is 46.8 Å². The summed E-state index contributed by atoms with van der Waals surface area (Å²) in [4.78, 5) is 0. The summed E-state index contributed by atoms with van der Waals surface area (Å²) in [5.41, 5.74) is 10.7. The minimum absolute atomic E-state index is 0.168. The Kier molecular flexibility index (Phi) is 2.75. The van der Waals surface area contributed by atoms with Gasteiger partial charge in [0.2, 0.25) is 0 Å². The van der Waals surface area contributed by atoms with Crippen molar-refractivity contribution in [1.82, 2.24) is 15.0 Å². The van der Waals surface area contributed by atoms with Crippen LogP contribution in [0.5, 0.6) is 0 Å². The molecule has 2 N–H and O–H groups in total. The highest BCUT2D eigenvalue weighted by Gasteiger charge is 2.13. The van der Waals surface area contributed by atoms with Gasteiger partial charge < -0.3 is 5.73 Å². The van der Waals surface area contributed by atoms with Gasteiger partial charge in [0.05, 0.1) is 17.9 Å². The van der Waals surface area contributed by atoms with Crippen molar-refractivity contribution in [3.8, 4) is 0 Å². The van der Waals surface area contributed by atoms with E-state index in [9.17, 15) is 0 Å². The number of nitrogens with two attached hydrogens (primary N) is 1. The van der Waals surface area contributed by atoms with E-state index in [2.05, 4.69) is 42.4 Å². The molecule has 2 rings (SSSR count). The smallest absolute Gasteiger partial charge is 0.0796 e. The Morgan fingerprint density at radius 2 is 1.81 bits per heavy atom. The predicted molar refractivity (Wildman–Crippen MR) is 62.9 cm³/mol. The standard InChI is InChI=1S/C12H16N4/c1-8-4-9(2)6-10(5-8)12(13)11-7-14-15-16(11)3/h4-7,12H,13H2,1-3H3. The molecule has 0 saturated carbocycles. The summed E-state index contributed by atoms with van der Waals surface area (Å²) in [5, 5.41) is 7.74. The molecule has 0 amide bonds. The summed E-state index contributed by atoms with van der Waals surface area (Å²) < 4.78 is 1.71. The molecule has 1 unspecified atom stereocenters. The fraction of sp³-hybridized carbons (Fsp3) is 0.333. The molecular formula is C12H16N4. The molecule has 2 aromatic rings. The van der Waals surface area contributed by atoms with E-state index in [1.165, 1.54) is 11.1 Å². The first-order valence-electron chi connectivity index (χ1n) is 5.26. The van der Waals surface area contributed by atoms with Crippen LogP contribution in [0.1, 0.15) is 28.4 Å². The maximum atomic E-state index is 6.20. The second-order valence-corrected chi connectivity index (χ2v) is 4.18. The van der Waals surface area contributed by atoms with Gasteiger partial charge in [0.25, 0.3) is 0 Å². The third-order valence-electron chi connectivity index (χ3n) is 2.67. The lowest BCUT2D eigenvalue weighted by Crippen LogP contribution is -2.16. The van der Waals surface area contributed by atoms with Gasteiger partial charge in [0.15, 0.2) is 0 Å². The summed E-state index contributed by atoms with van der Waals surface area (Å²) in [6.07, 6.45) is 1.71. The van der Waals surface area contributed by atoms with E-state index in [-0.39, 0.29) is 6.04 Å². The van der Waals surface area contributed by atoms with E-state index in [1.54, 1.807) is 10.9 Å². The lowest BCUT2D eigenvalue weighted by atomic mass is 10.0. The Morgan fingerprint density at radius 1 is 1.19 bits per heavy atom. The number of aromatic nitrogens is 3. The molecule has 0 aliphatic rings. The summed E-state index contributed by atoms with van der Waals surface area (Å²) in [6.45, 7) is 4.15. The maximum absolute atomic E-state index is 6.20. The van der Waals surface area contributed by atoms with Gasteiger partial charge in [-0.1, -0.05) is 34.5 Å². The average molecular weight is 216 g/mol. The van der Waals surface area contributed by atoms with Crippen molar-refractivity contribution in [2.24, 2.45) is 12.8 Å². The molecule has 1 aromatic heterocycles. The lowest BCUT2D eigenvalue weighted by Gasteiger charge is -2.13. The van der Waals surface area contributed by atoms with Gasteiger partial charge in [-0.25, -0.2) is 0 Å². The molecule has 16 heavy (non-hydrogen) atoms. The van der Waals surface area contributed by atoms with Crippen LogP contribution in [0.15, 0.2) is 24.4 Å². The Morgan fingerprint density at radius 3 is 2.31 bits per heavy atom. The molecule has 0 saturated heterocycles. The van der Waals surface area contributed by atoms with E-state index < -0.39 is 0 Å². The lowest BCUT2D eigenvalue weighted by molar-refractivity contribution is 0.650. The molecule has 84 valence electrons. The molecule has 0 spiro atoms. The van der Waals surface area contributed by atoms with E-state index in [1.807, 2.05) is 7.05 Å². The zero-order valence-electron chi connectivity index (χ0n) is 9.81. The number of hydrogen-bond donors (Lipinski definition) is 1. The van der Waals surface area contributed by atoms with Crippen molar-refractivity contribution in [3.63, 3.8) is 0 Å². The molecule has 0 fully saturated rings. The van der Waals surface area contributed by atoms with Crippen LogP contribution in [0.4, 0.5) is 0 Å². The molecule has 0 aliphatic carbocycles. The quantitative estimate of drug-likeness (QED) is 0.827. The number of hydrogen-bond acceptors (Lipinski definition) is 3. The van der Waals surface area contributed by atoms with E-state index in [0.717, 1.165) is 11.3 Å². The van der Waals surface area contributed by atoms with Crippen LogP contribution in [0.3, 0.4) is 0 Å². The van der Waals surface area contributed by atoms with Crippen molar-refractivity contribution in [2.75, 3.05) is 0 Å². The number of benzene rings is 1. The summed E-state index contributed by atoms with van der Waals surface area (Å²) in [7, 11) is 1.85. The third kappa shape index (κ3) is 1.97. The van der Waals surface area contributed by atoms with E-state index >= 15 is 0 Å². The fourth-order valence-corrected chi connectivity index (χ4v) is 1.94. The molecule has 0 radical (unpaired) electrons. The second-order valence-electron chi connectivity index (χ2n) is 4.18. The van der Waals surface area contributed by atoms with Gasteiger partial charge in [-0.2, -0.15) is 0 Å². The Hall–Kier alpha value is -1.68. The van der Waals surface area contributed by atoms with Crippen LogP contribution in [-0.2, 0) is 7.05 Å². The van der Waals surface area contributed by atoms with Crippen LogP contribution < -0.4 is 5.73 Å². The zero-order chi connectivity index (χ0) is 11.7. The Balaban J connectivity index is 2.41. The number of nitrogens with zero attached hydrogens (tertiary/aromatic N) is 3. The highest BCUT2D eigenvalue weighted by atomic mass is 15.4. The maximum Gasteiger partial charge on any atom is 0.0796 e. The van der Waals surface area contributed by atoms with Gasteiger partial charge in [-0.15, -0.1) is 5.10 Å². The molecule has 0 aliphatic heterocycles. The molecule has 4 heteroatoms. The van der Waals surface area contributed by atoms with Crippen molar-refractivity contribution in [2.45, 2.75) is 19.9 Å². The van der Waals surface area contributed by atoms with Gasteiger partial charge in [-0.05, 0) is 19.4 Å². The first-order valence-corrected chi connectivity index (χ1v) is 5.26. The van der Waals surface area contributed by atoms with Crippen LogP contribution >= 0.6 is 0 Å². The second kappa shape index (κ2) is 4.06. The number of aryl methyl sites for hydroxylation is 3. The van der Waals surface area contributed by atoms with Crippen LogP contribution in [0, 0.1) is 13.8 Å². The van der Waals surface area contributed by atoms with Crippen LogP contribution in [0.2, 0.25) is 0 Å². The van der Waals surface area contributed by atoms with Crippen molar-refractivity contribution >= 4 is 0 Å². The first-order chi connectivity index (χ1) is 7.58. The van der Waals surface area contributed by atoms with Crippen LogP contribution in [-0.4, -0.2) is 15.0 Å².